The van der Waals surface area contributed by atoms with Gasteiger partial charge in [-0.1, -0.05) is 11.8 Å². The Bertz CT molecular complexity index is 223. The van der Waals surface area contributed by atoms with Crippen LogP contribution in [-0.2, 0) is 0 Å². The first-order valence-corrected chi connectivity index (χ1v) is 4.94. The molecule has 0 aromatic heterocycles. The third-order valence-corrected chi connectivity index (χ3v) is 2.48. The molecule has 4 nitrogen and oxygen atoms in total. The number of aliphatic hydroxyl groups is 1. The first kappa shape index (κ1) is 9.36. The molecule has 0 saturated carbocycles. The highest BCUT2D eigenvalue weighted by Crippen LogP contribution is 2.14. The fourth-order valence-corrected chi connectivity index (χ4v) is 1.76. The fraction of sp³-hybridized carbons (Fsp3) is 0.714. The summed E-state index contributed by atoms with van der Waals surface area (Å²) in [6.45, 7) is 1.39. The minimum absolute atomic E-state index is 0.263. The number of thioether (sulfide) groups is 1. The SMILES string of the molecule is CSC(=NC#N)N1CCC(O)C1. The first-order valence-electron chi connectivity index (χ1n) is 3.71. The molecule has 0 spiro atoms. The summed E-state index contributed by atoms with van der Waals surface area (Å²) in [4.78, 5) is 5.59. The molecule has 1 aliphatic rings. The Morgan fingerprint density at radius 3 is 3.00 bits per heavy atom. The van der Waals surface area contributed by atoms with E-state index in [0.717, 1.165) is 13.0 Å². The normalized spacial score (nSPS) is 24.2. The summed E-state index contributed by atoms with van der Waals surface area (Å²) >= 11 is 1.44. The fourth-order valence-electron chi connectivity index (χ4n) is 1.20. The Morgan fingerprint density at radius 1 is 1.83 bits per heavy atom. The number of amidine groups is 1. The van der Waals surface area contributed by atoms with Gasteiger partial charge in [0.15, 0.2) is 5.17 Å². The van der Waals surface area contributed by atoms with Gasteiger partial charge in [0.2, 0.25) is 6.19 Å². The van der Waals surface area contributed by atoms with E-state index < -0.39 is 0 Å². The molecule has 1 fully saturated rings. The van der Waals surface area contributed by atoms with Crippen molar-refractivity contribution >= 4 is 16.9 Å². The van der Waals surface area contributed by atoms with E-state index in [1.807, 2.05) is 11.2 Å². The summed E-state index contributed by atoms with van der Waals surface area (Å²) in [5, 5.41) is 18.3. The van der Waals surface area contributed by atoms with E-state index in [1.165, 1.54) is 11.8 Å². The molecule has 1 rings (SSSR count). The highest BCUT2D eigenvalue weighted by molar-refractivity contribution is 8.13. The van der Waals surface area contributed by atoms with Crippen LogP contribution in [0.25, 0.3) is 0 Å². The topological polar surface area (TPSA) is 59.6 Å². The second-order valence-corrected chi connectivity index (χ2v) is 3.36. The van der Waals surface area contributed by atoms with Crippen LogP contribution >= 0.6 is 11.8 Å². The van der Waals surface area contributed by atoms with Crippen LogP contribution in [0.5, 0.6) is 0 Å². The minimum atomic E-state index is -0.263. The summed E-state index contributed by atoms with van der Waals surface area (Å²) in [7, 11) is 0. The van der Waals surface area contributed by atoms with Gasteiger partial charge in [0.25, 0.3) is 0 Å². The van der Waals surface area contributed by atoms with Gasteiger partial charge in [-0.2, -0.15) is 5.26 Å². The Kier molecular flexibility index (Phi) is 3.38. The Labute approximate surface area is 75.9 Å². The zero-order valence-electron chi connectivity index (χ0n) is 6.90. The summed E-state index contributed by atoms with van der Waals surface area (Å²) in [5.74, 6) is 0. The molecule has 0 bridgehead atoms. The third kappa shape index (κ3) is 2.13. The van der Waals surface area contributed by atoms with Crippen molar-refractivity contribution < 1.29 is 5.11 Å². The molecule has 0 radical (unpaired) electrons. The number of nitrogens with zero attached hydrogens (tertiary/aromatic N) is 3. The lowest BCUT2D eigenvalue weighted by Crippen LogP contribution is -2.26. The van der Waals surface area contributed by atoms with Crippen LogP contribution in [0.1, 0.15) is 6.42 Å². The van der Waals surface area contributed by atoms with Gasteiger partial charge in [-0.15, -0.1) is 4.99 Å². The van der Waals surface area contributed by atoms with E-state index in [2.05, 4.69) is 4.99 Å². The Morgan fingerprint density at radius 2 is 2.58 bits per heavy atom. The van der Waals surface area contributed by atoms with E-state index in [4.69, 9.17) is 5.26 Å². The molecule has 0 amide bonds. The standard InChI is InChI=1S/C7H11N3OS/c1-12-7(9-5-8)10-3-2-6(11)4-10/h6,11H,2-4H2,1H3. The predicted molar refractivity (Wildman–Crippen MR) is 48.8 cm³/mol. The van der Waals surface area contributed by atoms with Crippen LogP contribution in [0.15, 0.2) is 4.99 Å². The van der Waals surface area contributed by atoms with Gasteiger partial charge in [-0.05, 0) is 12.7 Å². The number of hydrogen-bond donors (Lipinski definition) is 1. The van der Waals surface area contributed by atoms with Gasteiger partial charge in [-0.3, -0.25) is 0 Å². The average molecular weight is 185 g/mol. The number of β-amino-alcohol motifs (C(OH)–C–C–N with tert-alkyl or cyclic N) is 1. The highest BCUT2D eigenvalue weighted by Gasteiger charge is 2.22. The number of likely N-dealkylation sites (tertiary alicyclic amines) is 1. The van der Waals surface area contributed by atoms with Gasteiger partial charge in [0, 0.05) is 13.1 Å². The summed E-state index contributed by atoms with van der Waals surface area (Å²) in [6, 6.07) is 0. The van der Waals surface area contributed by atoms with E-state index in [9.17, 15) is 5.11 Å². The average Bonchev–Trinajstić information content (AvgIpc) is 2.47. The quantitative estimate of drug-likeness (QED) is 0.334. The van der Waals surface area contributed by atoms with Crippen LogP contribution < -0.4 is 0 Å². The molecular weight excluding hydrogens is 174 g/mol. The zero-order chi connectivity index (χ0) is 8.97. The Balaban J connectivity index is 2.57. The lowest BCUT2D eigenvalue weighted by molar-refractivity contribution is 0.188. The second-order valence-electron chi connectivity index (χ2n) is 2.59. The second kappa shape index (κ2) is 4.33. The third-order valence-electron chi connectivity index (χ3n) is 1.76. The summed E-state index contributed by atoms with van der Waals surface area (Å²) in [5.41, 5.74) is 0. The van der Waals surface area contributed by atoms with E-state index in [1.54, 1.807) is 6.19 Å². The van der Waals surface area contributed by atoms with Crippen molar-refractivity contribution in [2.24, 2.45) is 4.99 Å². The van der Waals surface area contributed by atoms with Crippen LogP contribution in [0.3, 0.4) is 0 Å². The number of rotatable bonds is 0. The summed E-state index contributed by atoms with van der Waals surface area (Å²) < 4.78 is 0. The molecule has 0 aliphatic carbocycles. The van der Waals surface area contributed by atoms with Gasteiger partial charge < -0.3 is 10.0 Å². The minimum Gasteiger partial charge on any atom is -0.391 e. The van der Waals surface area contributed by atoms with Crippen LogP contribution in [0.2, 0.25) is 0 Å². The number of aliphatic imine (C=N–C) groups is 1. The summed E-state index contributed by atoms with van der Waals surface area (Å²) in [6.07, 6.45) is 4.14. The molecule has 0 aromatic rings. The maximum absolute atomic E-state index is 9.22. The maximum Gasteiger partial charge on any atom is 0.208 e. The van der Waals surface area contributed by atoms with Crippen LogP contribution in [0.4, 0.5) is 0 Å². The van der Waals surface area contributed by atoms with Crippen molar-refractivity contribution in [3.8, 4) is 6.19 Å². The van der Waals surface area contributed by atoms with E-state index >= 15 is 0 Å². The molecular formula is C7H11N3OS. The molecule has 1 heterocycles. The van der Waals surface area contributed by atoms with Crippen molar-refractivity contribution in [3.05, 3.63) is 0 Å². The number of nitriles is 1. The molecule has 5 heteroatoms. The van der Waals surface area contributed by atoms with Crippen LogP contribution in [0, 0.1) is 11.5 Å². The molecule has 1 atom stereocenters. The van der Waals surface area contributed by atoms with E-state index in [-0.39, 0.29) is 6.10 Å². The van der Waals surface area contributed by atoms with Crippen molar-refractivity contribution in [1.82, 2.24) is 4.90 Å². The predicted octanol–water partition coefficient (Wildman–Crippen LogP) is 0.253. The monoisotopic (exact) mass is 185 g/mol. The highest BCUT2D eigenvalue weighted by atomic mass is 32.2. The van der Waals surface area contributed by atoms with Crippen molar-refractivity contribution in [2.75, 3.05) is 19.3 Å². The lowest BCUT2D eigenvalue weighted by Gasteiger charge is -2.16. The molecule has 0 aromatic carbocycles. The van der Waals surface area contributed by atoms with Crippen LogP contribution in [-0.4, -0.2) is 40.6 Å². The number of hydrogen-bond acceptors (Lipinski definition) is 4. The van der Waals surface area contributed by atoms with E-state index in [0.29, 0.717) is 11.7 Å². The van der Waals surface area contributed by atoms with Crippen molar-refractivity contribution in [2.45, 2.75) is 12.5 Å². The van der Waals surface area contributed by atoms with Gasteiger partial charge in [-0.25, -0.2) is 0 Å². The first-order chi connectivity index (χ1) is 5.77. The van der Waals surface area contributed by atoms with Gasteiger partial charge in [0.05, 0.1) is 6.10 Å². The largest absolute Gasteiger partial charge is 0.391 e. The molecule has 1 saturated heterocycles. The zero-order valence-corrected chi connectivity index (χ0v) is 7.71. The van der Waals surface area contributed by atoms with Gasteiger partial charge in [0.1, 0.15) is 0 Å². The maximum atomic E-state index is 9.22. The lowest BCUT2D eigenvalue weighted by atomic mass is 10.3. The molecule has 1 N–H and O–H groups in total. The molecule has 12 heavy (non-hydrogen) atoms. The molecule has 66 valence electrons. The Hall–Kier alpha value is -0.730. The van der Waals surface area contributed by atoms with Gasteiger partial charge >= 0.3 is 0 Å². The number of aliphatic hydroxyl groups excluding tert-OH is 1. The molecule has 1 aliphatic heterocycles. The molecule has 1 unspecified atom stereocenters. The van der Waals surface area contributed by atoms with Crippen molar-refractivity contribution in [3.63, 3.8) is 0 Å². The smallest absolute Gasteiger partial charge is 0.208 e. The van der Waals surface area contributed by atoms with Crippen molar-refractivity contribution in [1.29, 1.82) is 5.26 Å².